The number of hydrogen-bond donors (Lipinski definition) is 1. The molecule has 0 radical (unpaired) electrons. The zero-order valence-electron chi connectivity index (χ0n) is 12.5. The van der Waals surface area contributed by atoms with Gasteiger partial charge in [-0.1, -0.05) is 40.2 Å². The summed E-state index contributed by atoms with van der Waals surface area (Å²) in [5.74, 6) is 0.000992. The molecular formula is C17H19BrN2O. The lowest BCUT2D eigenvalue weighted by atomic mass is 10.1. The van der Waals surface area contributed by atoms with Gasteiger partial charge < -0.3 is 10.2 Å². The third-order valence-corrected chi connectivity index (χ3v) is 3.98. The van der Waals surface area contributed by atoms with E-state index < -0.39 is 0 Å². The fraction of sp³-hybridized carbons (Fsp3) is 0.235. The topological polar surface area (TPSA) is 32.3 Å². The normalized spacial score (nSPS) is 10.3. The summed E-state index contributed by atoms with van der Waals surface area (Å²) in [5, 5.41) is 3.35. The van der Waals surface area contributed by atoms with Crippen LogP contribution in [0.5, 0.6) is 0 Å². The summed E-state index contributed by atoms with van der Waals surface area (Å²) in [6.07, 6.45) is 0. The van der Waals surface area contributed by atoms with E-state index in [1.54, 1.807) is 19.0 Å². The van der Waals surface area contributed by atoms with Crippen molar-refractivity contribution in [3.63, 3.8) is 0 Å². The van der Waals surface area contributed by atoms with Crippen molar-refractivity contribution < 1.29 is 4.79 Å². The molecule has 0 aliphatic carbocycles. The molecule has 0 heterocycles. The number of carbonyl (C=O) groups is 1. The second-order valence-corrected chi connectivity index (χ2v) is 6.05. The average Bonchev–Trinajstić information content (AvgIpc) is 2.46. The highest BCUT2D eigenvalue weighted by atomic mass is 79.9. The van der Waals surface area contributed by atoms with Gasteiger partial charge in [0, 0.05) is 30.8 Å². The number of nitrogens with one attached hydrogen (secondary N) is 1. The Morgan fingerprint density at radius 1 is 1.19 bits per heavy atom. The Morgan fingerprint density at radius 3 is 2.57 bits per heavy atom. The molecule has 2 aromatic carbocycles. The number of hydrogen-bond acceptors (Lipinski definition) is 2. The molecule has 2 aromatic rings. The minimum atomic E-state index is 0.000992. The molecule has 0 aliphatic heterocycles. The number of rotatable bonds is 4. The Balaban J connectivity index is 2.19. The van der Waals surface area contributed by atoms with Gasteiger partial charge in [-0.15, -0.1) is 0 Å². The molecule has 0 fully saturated rings. The summed E-state index contributed by atoms with van der Waals surface area (Å²) < 4.78 is 1.08. The fourth-order valence-electron chi connectivity index (χ4n) is 2.05. The molecular weight excluding hydrogens is 328 g/mol. The van der Waals surface area contributed by atoms with E-state index in [4.69, 9.17) is 0 Å². The lowest BCUT2D eigenvalue weighted by Gasteiger charge is -2.16. The lowest BCUT2D eigenvalue weighted by Crippen LogP contribution is -2.22. The number of nitrogens with zero attached hydrogens (tertiary/aromatic N) is 1. The Hall–Kier alpha value is -1.81. The third-order valence-electron chi connectivity index (χ3n) is 3.24. The van der Waals surface area contributed by atoms with Crippen molar-refractivity contribution >= 4 is 27.5 Å². The van der Waals surface area contributed by atoms with Gasteiger partial charge in [0.15, 0.2) is 0 Å². The Morgan fingerprint density at radius 2 is 1.90 bits per heavy atom. The summed E-state index contributed by atoms with van der Waals surface area (Å²) in [7, 11) is 3.52. The molecule has 110 valence electrons. The van der Waals surface area contributed by atoms with Crippen LogP contribution in [0.2, 0.25) is 0 Å². The Kier molecular flexibility index (Phi) is 5.02. The van der Waals surface area contributed by atoms with Crippen LogP contribution in [0.15, 0.2) is 46.9 Å². The smallest absolute Gasteiger partial charge is 0.255 e. The van der Waals surface area contributed by atoms with Crippen molar-refractivity contribution in [1.29, 1.82) is 0 Å². The predicted octanol–water partition coefficient (Wildman–Crippen LogP) is 4.07. The van der Waals surface area contributed by atoms with Gasteiger partial charge in [-0.2, -0.15) is 0 Å². The van der Waals surface area contributed by atoms with Gasteiger partial charge in [0.05, 0.1) is 5.56 Å². The summed E-state index contributed by atoms with van der Waals surface area (Å²) in [6, 6.07) is 13.8. The van der Waals surface area contributed by atoms with Gasteiger partial charge >= 0.3 is 0 Å². The first-order chi connectivity index (χ1) is 9.99. The Labute approximate surface area is 134 Å². The highest BCUT2D eigenvalue weighted by Crippen LogP contribution is 2.22. The molecule has 0 unspecified atom stereocenters. The minimum Gasteiger partial charge on any atom is -0.380 e. The van der Waals surface area contributed by atoms with Crippen LogP contribution in [0, 0.1) is 6.92 Å². The first-order valence-corrected chi connectivity index (χ1v) is 7.58. The van der Waals surface area contributed by atoms with Crippen LogP contribution < -0.4 is 5.32 Å². The number of benzene rings is 2. The fourth-order valence-corrected chi connectivity index (χ4v) is 2.68. The molecule has 4 heteroatoms. The van der Waals surface area contributed by atoms with E-state index in [1.807, 2.05) is 24.3 Å². The number of carbonyl (C=O) groups excluding carboxylic acids is 1. The first kappa shape index (κ1) is 15.6. The van der Waals surface area contributed by atoms with E-state index in [0.717, 1.165) is 15.7 Å². The zero-order valence-corrected chi connectivity index (χ0v) is 14.1. The molecule has 3 nitrogen and oxygen atoms in total. The van der Waals surface area contributed by atoms with Crippen molar-refractivity contribution in [1.82, 2.24) is 4.90 Å². The molecule has 0 spiro atoms. The summed E-state index contributed by atoms with van der Waals surface area (Å²) in [6.45, 7) is 2.73. The predicted molar refractivity (Wildman–Crippen MR) is 90.7 cm³/mol. The molecule has 21 heavy (non-hydrogen) atoms. The number of anilines is 1. The van der Waals surface area contributed by atoms with Gasteiger partial charge in [0.2, 0.25) is 0 Å². The zero-order chi connectivity index (χ0) is 15.4. The summed E-state index contributed by atoms with van der Waals surface area (Å²) in [4.78, 5) is 13.8. The van der Waals surface area contributed by atoms with Crippen molar-refractivity contribution in [3.8, 4) is 0 Å². The van der Waals surface area contributed by atoms with Gasteiger partial charge in [-0.05, 0) is 36.2 Å². The molecule has 0 aliphatic rings. The standard InChI is InChI=1S/C17H19BrN2O/c1-12-8-9-13(15(18)10-12)11-19-16-7-5-4-6-14(16)17(21)20(2)3/h4-10,19H,11H2,1-3H3. The van der Waals surface area contributed by atoms with Crippen LogP contribution in [0.25, 0.3) is 0 Å². The van der Waals surface area contributed by atoms with Crippen LogP contribution in [-0.4, -0.2) is 24.9 Å². The Bertz CT molecular complexity index is 653. The molecule has 1 amide bonds. The first-order valence-electron chi connectivity index (χ1n) is 6.78. The SMILES string of the molecule is Cc1ccc(CNc2ccccc2C(=O)N(C)C)c(Br)c1. The largest absolute Gasteiger partial charge is 0.380 e. The van der Waals surface area contributed by atoms with Crippen LogP contribution in [0.1, 0.15) is 21.5 Å². The molecule has 0 saturated heterocycles. The highest BCUT2D eigenvalue weighted by molar-refractivity contribution is 9.10. The van der Waals surface area contributed by atoms with Crippen molar-refractivity contribution in [2.75, 3.05) is 19.4 Å². The number of amides is 1. The maximum absolute atomic E-state index is 12.2. The molecule has 2 rings (SSSR count). The van der Waals surface area contributed by atoms with Crippen molar-refractivity contribution in [2.24, 2.45) is 0 Å². The minimum absolute atomic E-state index is 0.000992. The van der Waals surface area contributed by atoms with Crippen molar-refractivity contribution in [3.05, 3.63) is 63.6 Å². The van der Waals surface area contributed by atoms with Crippen LogP contribution >= 0.6 is 15.9 Å². The number of aryl methyl sites for hydroxylation is 1. The van der Waals surface area contributed by atoms with Crippen LogP contribution in [0.3, 0.4) is 0 Å². The second kappa shape index (κ2) is 6.76. The van der Waals surface area contributed by atoms with E-state index in [9.17, 15) is 4.79 Å². The summed E-state index contributed by atoms with van der Waals surface area (Å²) in [5.41, 5.74) is 3.91. The summed E-state index contributed by atoms with van der Waals surface area (Å²) >= 11 is 3.58. The second-order valence-electron chi connectivity index (χ2n) is 5.19. The van der Waals surface area contributed by atoms with Gasteiger partial charge in [0.1, 0.15) is 0 Å². The van der Waals surface area contributed by atoms with E-state index in [1.165, 1.54) is 5.56 Å². The van der Waals surface area contributed by atoms with Gasteiger partial charge in [-0.25, -0.2) is 0 Å². The maximum Gasteiger partial charge on any atom is 0.255 e. The maximum atomic E-state index is 12.2. The van der Waals surface area contributed by atoms with Gasteiger partial charge in [-0.3, -0.25) is 4.79 Å². The van der Waals surface area contributed by atoms with Gasteiger partial charge in [0.25, 0.3) is 5.91 Å². The molecule has 0 atom stereocenters. The van der Waals surface area contributed by atoms with E-state index in [2.05, 4.69) is 46.4 Å². The monoisotopic (exact) mass is 346 g/mol. The highest BCUT2D eigenvalue weighted by Gasteiger charge is 2.12. The molecule has 1 N–H and O–H groups in total. The van der Waals surface area contributed by atoms with Crippen LogP contribution in [-0.2, 0) is 6.54 Å². The van der Waals surface area contributed by atoms with E-state index in [-0.39, 0.29) is 5.91 Å². The van der Waals surface area contributed by atoms with Crippen LogP contribution in [0.4, 0.5) is 5.69 Å². The molecule has 0 aromatic heterocycles. The average molecular weight is 347 g/mol. The molecule has 0 bridgehead atoms. The van der Waals surface area contributed by atoms with E-state index in [0.29, 0.717) is 12.1 Å². The number of para-hydroxylation sites is 1. The third kappa shape index (κ3) is 3.85. The number of halogens is 1. The quantitative estimate of drug-likeness (QED) is 0.904. The van der Waals surface area contributed by atoms with Crippen molar-refractivity contribution in [2.45, 2.75) is 13.5 Å². The van der Waals surface area contributed by atoms with E-state index >= 15 is 0 Å². The lowest BCUT2D eigenvalue weighted by molar-refractivity contribution is 0.0828. The molecule has 0 saturated carbocycles.